The summed E-state index contributed by atoms with van der Waals surface area (Å²) in [6.45, 7) is 8.47. The summed E-state index contributed by atoms with van der Waals surface area (Å²) in [7, 11) is 3.69. The topological polar surface area (TPSA) is 42.8 Å². The third kappa shape index (κ3) is 6.19. The van der Waals surface area contributed by atoms with Crippen molar-refractivity contribution in [3.63, 3.8) is 0 Å². The average Bonchev–Trinajstić information content (AvgIpc) is 2.60. The molecule has 0 aliphatic rings. The van der Waals surface area contributed by atoms with Crippen LogP contribution in [-0.4, -0.2) is 26.6 Å². The number of nitrogens with one attached hydrogen (secondary N) is 2. The molecule has 0 saturated carbocycles. The molecule has 4 heteroatoms. The van der Waals surface area contributed by atoms with Crippen molar-refractivity contribution in [3.05, 3.63) is 65.2 Å². The number of hydrogen-bond acceptors (Lipinski definition) is 2. The van der Waals surface area contributed by atoms with Crippen molar-refractivity contribution in [1.29, 1.82) is 0 Å². The lowest BCUT2D eigenvalue weighted by Crippen LogP contribution is -3.08. The number of hydrogen-bond donors (Lipinski definition) is 2. The lowest BCUT2D eigenvalue weighted by atomic mass is 9.87. The summed E-state index contributed by atoms with van der Waals surface area (Å²) in [5.74, 6) is 0.881. The van der Waals surface area contributed by atoms with Gasteiger partial charge in [0.25, 0.3) is 5.91 Å². The molecule has 1 amide bonds. The number of ether oxygens (including phenoxy) is 1. The van der Waals surface area contributed by atoms with Crippen LogP contribution in [0, 0.1) is 0 Å². The number of likely N-dealkylation sites (N-methyl/N-ethyl adjacent to an activating group) is 1. The Balaban J connectivity index is 1.79. The van der Waals surface area contributed by atoms with E-state index in [2.05, 4.69) is 50.4 Å². The van der Waals surface area contributed by atoms with Gasteiger partial charge in [0.15, 0.2) is 6.54 Å². The number of carbonyl (C=O) groups is 1. The molecule has 0 bridgehead atoms. The second-order valence-corrected chi connectivity index (χ2v) is 7.88. The lowest BCUT2D eigenvalue weighted by molar-refractivity contribution is -0.885. The van der Waals surface area contributed by atoms with Crippen molar-refractivity contribution in [2.24, 2.45) is 0 Å². The van der Waals surface area contributed by atoms with E-state index in [0.717, 1.165) is 17.9 Å². The maximum atomic E-state index is 12.2. The quantitative estimate of drug-likeness (QED) is 0.800. The highest BCUT2D eigenvalue weighted by Gasteiger charge is 2.14. The summed E-state index contributed by atoms with van der Waals surface area (Å²) in [5, 5.41) is 2.98. The maximum absolute atomic E-state index is 12.2. The molecule has 1 atom stereocenters. The van der Waals surface area contributed by atoms with Crippen LogP contribution in [0.2, 0.25) is 0 Å². The van der Waals surface area contributed by atoms with Gasteiger partial charge in [-0.3, -0.25) is 4.79 Å². The fraction of sp³-hybridized carbons (Fsp3) is 0.409. The van der Waals surface area contributed by atoms with Gasteiger partial charge in [-0.25, -0.2) is 0 Å². The molecular formula is C22H31N2O2+. The molecule has 2 aromatic rings. The smallest absolute Gasteiger partial charge is 0.275 e. The summed E-state index contributed by atoms with van der Waals surface area (Å²) in [5.41, 5.74) is 3.81. The van der Waals surface area contributed by atoms with E-state index in [1.165, 1.54) is 16.0 Å². The van der Waals surface area contributed by atoms with Crippen LogP contribution in [0.1, 0.15) is 37.5 Å². The fourth-order valence-corrected chi connectivity index (χ4v) is 2.81. The van der Waals surface area contributed by atoms with Crippen molar-refractivity contribution >= 4 is 5.91 Å². The Labute approximate surface area is 157 Å². The van der Waals surface area contributed by atoms with Gasteiger partial charge in [0.1, 0.15) is 12.3 Å². The number of rotatable bonds is 7. The molecule has 140 valence electrons. The number of amides is 1. The molecule has 1 unspecified atom stereocenters. The summed E-state index contributed by atoms with van der Waals surface area (Å²) in [6.07, 6.45) is 0. The maximum Gasteiger partial charge on any atom is 0.275 e. The van der Waals surface area contributed by atoms with Gasteiger partial charge in [-0.2, -0.15) is 0 Å². The normalized spacial score (nSPS) is 12.5. The van der Waals surface area contributed by atoms with Crippen LogP contribution in [0.3, 0.4) is 0 Å². The van der Waals surface area contributed by atoms with Crippen LogP contribution in [0.4, 0.5) is 0 Å². The SMILES string of the molecule is COc1ccc(CNC(=O)C[NH+](C)Cc2ccc(C(C)(C)C)cc2)cc1. The summed E-state index contributed by atoms with van der Waals surface area (Å²) < 4.78 is 5.14. The summed E-state index contributed by atoms with van der Waals surface area (Å²) in [4.78, 5) is 13.3. The van der Waals surface area contributed by atoms with E-state index in [4.69, 9.17) is 4.74 Å². The Hall–Kier alpha value is -2.33. The number of methoxy groups -OCH3 is 1. The first kappa shape index (κ1) is 20.0. The summed E-state index contributed by atoms with van der Waals surface area (Å²) in [6, 6.07) is 16.4. The van der Waals surface area contributed by atoms with Crippen molar-refractivity contribution in [2.45, 2.75) is 39.3 Å². The van der Waals surface area contributed by atoms with Gasteiger partial charge in [0.05, 0.1) is 14.2 Å². The molecular weight excluding hydrogens is 324 g/mol. The second kappa shape index (κ2) is 8.86. The van der Waals surface area contributed by atoms with Crippen LogP contribution < -0.4 is 15.0 Å². The van der Waals surface area contributed by atoms with Gasteiger partial charge in [-0.05, 0) is 28.7 Å². The first-order valence-electron chi connectivity index (χ1n) is 9.08. The Morgan fingerprint density at radius 3 is 2.12 bits per heavy atom. The van der Waals surface area contributed by atoms with Crippen molar-refractivity contribution in [3.8, 4) is 5.75 Å². The Bertz CT molecular complexity index is 700. The molecule has 0 spiro atoms. The van der Waals surface area contributed by atoms with Crippen LogP contribution in [0.5, 0.6) is 5.75 Å². The number of benzene rings is 2. The van der Waals surface area contributed by atoms with Crippen molar-refractivity contribution in [1.82, 2.24) is 5.32 Å². The third-order valence-corrected chi connectivity index (χ3v) is 4.44. The van der Waals surface area contributed by atoms with E-state index in [1.807, 2.05) is 31.3 Å². The standard InChI is InChI=1S/C22H30N2O2/c1-22(2,3)19-10-6-18(7-11-19)15-24(4)16-21(25)23-14-17-8-12-20(26-5)13-9-17/h6-13H,14-16H2,1-5H3,(H,23,25)/p+1. The zero-order valence-electron chi connectivity index (χ0n) is 16.6. The highest BCUT2D eigenvalue weighted by molar-refractivity contribution is 5.76. The molecule has 0 heterocycles. The highest BCUT2D eigenvalue weighted by Crippen LogP contribution is 2.21. The first-order chi connectivity index (χ1) is 12.3. The highest BCUT2D eigenvalue weighted by atomic mass is 16.5. The zero-order chi connectivity index (χ0) is 19.2. The predicted molar refractivity (Wildman–Crippen MR) is 105 cm³/mol. The molecule has 0 radical (unpaired) electrons. The minimum atomic E-state index is 0.0598. The molecule has 2 aromatic carbocycles. The van der Waals surface area contributed by atoms with E-state index in [1.54, 1.807) is 7.11 Å². The molecule has 0 aliphatic heterocycles. The van der Waals surface area contributed by atoms with Gasteiger partial charge < -0.3 is 15.0 Å². The van der Waals surface area contributed by atoms with Gasteiger partial charge in [-0.1, -0.05) is 57.2 Å². The van der Waals surface area contributed by atoms with Crippen LogP contribution in [0.15, 0.2) is 48.5 Å². The molecule has 2 N–H and O–H groups in total. The largest absolute Gasteiger partial charge is 0.497 e. The van der Waals surface area contributed by atoms with E-state index in [-0.39, 0.29) is 11.3 Å². The zero-order valence-corrected chi connectivity index (χ0v) is 16.6. The first-order valence-corrected chi connectivity index (χ1v) is 9.08. The number of quaternary nitrogens is 1. The predicted octanol–water partition coefficient (Wildman–Crippen LogP) is 2.32. The fourth-order valence-electron chi connectivity index (χ4n) is 2.81. The van der Waals surface area contributed by atoms with Crippen LogP contribution in [0.25, 0.3) is 0 Å². The van der Waals surface area contributed by atoms with Crippen LogP contribution in [-0.2, 0) is 23.3 Å². The number of carbonyl (C=O) groups excluding carboxylic acids is 1. The monoisotopic (exact) mass is 355 g/mol. The second-order valence-electron chi connectivity index (χ2n) is 7.88. The Kier molecular flexibility index (Phi) is 6.81. The molecule has 0 aromatic heterocycles. The average molecular weight is 356 g/mol. The molecule has 0 aliphatic carbocycles. The van der Waals surface area contributed by atoms with Gasteiger partial charge in [0.2, 0.25) is 0 Å². The van der Waals surface area contributed by atoms with E-state index < -0.39 is 0 Å². The molecule has 26 heavy (non-hydrogen) atoms. The third-order valence-electron chi connectivity index (χ3n) is 4.44. The molecule has 2 rings (SSSR count). The minimum Gasteiger partial charge on any atom is -0.497 e. The van der Waals surface area contributed by atoms with E-state index in [0.29, 0.717) is 13.1 Å². The Morgan fingerprint density at radius 2 is 1.58 bits per heavy atom. The van der Waals surface area contributed by atoms with Gasteiger partial charge in [0, 0.05) is 12.1 Å². The van der Waals surface area contributed by atoms with Crippen molar-refractivity contribution in [2.75, 3.05) is 20.7 Å². The molecule has 4 nitrogen and oxygen atoms in total. The Morgan fingerprint density at radius 1 is 1.00 bits per heavy atom. The summed E-state index contributed by atoms with van der Waals surface area (Å²) >= 11 is 0. The molecule has 0 saturated heterocycles. The van der Waals surface area contributed by atoms with Gasteiger partial charge in [-0.15, -0.1) is 0 Å². The van der Waals surface area contributed by atoms with E-state index in [9.17, 15) is 4.79 Å². The minimum absolute atomic E-state index is 0.0598. The van der Waals surface area contributed by atoms with E-state index >= 15 is 0 Å². The van der Waals surface area contributed by atoms with Gasteiger partial charge >= 0.3 is 0 Å². The van der Waals surface area contributed by atoms with Crippen molar-refractivity contribution < 1.29 is 14.4 Å². The van der Waals surface area contributed by atoms with Crippen LogP contribution >= 0.6 is 0 Å². The molecule has 0 fully saturated rings. The lowest BCUT2D eigenvalue weighted by Gasteiger charge is -2.19.